The van der Waals surface area contributed by atoms with Crippen molar-refractivity contribution >= 4 is 14.2 Å². The van der Waals surface area contributed by atoms with Crippen LogP contribution < -0.4 is 5.32 Å². The van der Waals surface area contributed by atoms with Crippen LogP contribution in [0.2, 0.25) is 19.6 Å². The minimum atomic E-state index is -1.67. The lowest BCUT2D eigenvalue weighted by Gasteiger charge is -2.29. The second-order valence-corrected chi connectivity index (χ2v) is 13.6. The monoisotopic (exact) mass is 443 g/mol. The van der Waals surface area contributed by atoms with E-state index in [1.165, 1.54) is 11.1 Å². The zero-order valence-electron chi connectivity index (χ0n) is 20.7. The first-order valence-corrected chi connectivity index (χ1v) is 14.8. The summed E-state index contributed by atoms with van der Waals surface area (Å²) in [6, 6.07) is 0. The molecule has 0 fully saturated rings. The van der Waals surface area contributed by atoms with Crippen LogP contribution in [0.1, 0.15) is 52.9 Å². The zero-order valence-corrected chi connectivity index (χ0v) is 21.7. The maximum Gasteiger partial charge on any atom is 0.243 e. The third-order valence-corrected chi connectivity index (χ3v) is 5.67. The summed E-state index contributed by atoms with van der Waals surface area (Å²) < 4.78 is 6.47. The number of rotatable bonds is 16. The first-order valence-electron chi connectivity index (χ1n) is 11.4. The highest BCUT2D eigenvalue weighted by Gasteiger charge is 2.23. The highest BCUT2D eigenvalue weighted by atomic mass is 28.4. The Labute approximate surface area is 192 Å². The molecular formula is C27H45NO2Si. The quantitative estimate of drug-likeness (QED) is 0.0894. The smallest absolute Gasteiger partial charge is 0.243 e. The van der Waals surface area contributed by atoms with Crippen molar-refractivity contribution in [3.63, 3.8) is 0 Å². The molecule has 0 aromatic carbocycles. The van der Waals surface area contributed by atoms with Gasteiger partial charge in [0.15, 0.2) is 8.32 Å². The first kappa shape index (κ1) is 29.1. The van der Waals surface area contributed by atoms with E-state index in [4.69, 9.17) is 4.43 Å². The average molecular weight is 444 g/mol. The molecule has 0 aliphatic carbocycles. The number of carbonyl (C=O) groups is 1. The molecule has 0 unspecified atom stereocenters. The number of hydrogen-bond acceptors (Lipinski definition) is 2. The van der Waals surface area contributed by atoms with Gasteiger partial charge in [0.2, 0.25) is 5.91 Å². The lowest BCUT2D eigenvalue weighted by atomic mass is 9.99. The molecule has 1 amide bonds. The average Bonchev–Trinajstić information content (AvgIpc) is 2.67. The van der Waals surface area contributed by atoms with Gasteiger partial charge in [-0.25, -0.2) is 0 Å². The van der Waals surface area contributed by atoms with Crippen LogP contribution in [-0.2, 0) is 9.22 Å². The van der Waals surface area contributed by atoms with Gasteiger partial charge in [-0.3, -0.25) is 4.79 Å². The summed E-state index contributed by atoms with van der Waals surface area (Å²) in [5.41, 5.74) is 2.66. The largest absolute Gasteiger partial charge is 0.414 e. The van der Waals surface area contributed by atoms with E-state index in [2.05, 4.69) is 77.1 Å². The van der Waals surface area contributed by atoms with Crippen LogP contribution >= 0.6 is 0 Å². The van der Waals surface area contributed by atoms with Crippen molar-refractivity contribution in [3.05, 3.63) is 72.9 Å². The number of amides is 1. The van der Waals surface area contributed by atoms with Crippen LogP contribution in [0.5, 0.6) is 0 Å². The van der Waals surface area contributed by atoms with Crippen molar-refractivity contribution in [2.75, 3.05) is 6.54 Å². The number of allylic oxidation sites excluding steroid dienone is 7. The van der Waals surface area contributed by atoms with Crippen LogP contribution in [0, 0.1) is 5.92 Å². The number of carbonyl (C=O) groups excluding carboxylic acids is 1. The third-order valence-electron chi connectivity index (χ3n) is 4.66. The number of nitrogens with one attached hydrogen (secondary N) is 1. The Morgan fingerprint density at radius 1 is 1.10 bits per heavy atom. The minimum absolute atomic E-state index is 0.0488. The molecule has 3 nitrogen and oxygen atoms in total. The summed E-state index contributed by atoms with van der Waals surface area (Å²) in [6.07, 6.45) is 20.6. The molecule has 1 N–H and O–H groups in total. The molecular weight excluding hydrogens is 398 g/mol. The Morgan fingerprint density at radius 2 is 1.81 bits per heavy atom. The topological polar surface area (TPSA) is 38.3 Å². The Bertz CT molecular complexity index is 665. The van der Waals surface area contributed by atoms with Crippen molar-refractivity contribution in [1.82, 2.24) is 5.32 Å². The summed E-state index contributed by atoms with van der Waals surface area (Å²) in [6.45, 7) is 21.3. The van der Waals surface area contributed by atoms with Gasteiger partial charge in [-0.1, -0.05) is 67.2 Å². The number of unbranched alkanes of at least 4 members (excludes halogenated alkanes) is 2. The van der Waals surface area contributed by atoms with Crippen molar-refractivity contribution in [2.45, 2.75) is 78.6 Å². The second-order valence-electron chi connectivity index (χ2n) is 9.16. The summed E-state index contributed by atoms with van der Waals surface area (Å²) >= 11 is 0. The van der Waals surface area contributed by atoms with Crippen LogP contribution in [0.25, 0.3) is 0 Å². The molecule has 0 spiro atoms. The molecule has 0 aliphatic rings. The SMILES string of the molecule is C=C/C=C(\C)C/C(C)=C/C[C@H](O[Si](C)(C)C)[C@@H](C)/C=C/C=C/C(=O)NCCCCC=C. The van der Waals surface area contributed by atoms with E-state index in [0.717, 1.165) is 32.1 Å². The lowest BCUT2D eigenvalue weighted by Crippen LogP contribution is -2.34. The van der Waals surface area contributed by atoms with Gasteiger partial charge < -0.3 is 9.74 Å². The highest BCUT2D eigenvalue weighted by Crippen LogP contribution is 2.21. The van der Waals surface area contributed by atoms with Gasteiger partial charge in [-0.05, 0) is 71.5 Å². The molecule has 0 bridgehead atoms. The Hall–Kier alpha value is -1.91. The Morgan fingerprint density at radius 3 is 2.42 bits per heavy atom. The van der Waals surface area contributed by atoms with E-state index >= 15 is 0 Å². The molecule has 0 saturated carbocycles. The fourth-order valence-corrected chi connectivity index (χ4v) is 4.32. The third kappa shape index (κ3) is 17.5. The summed E-state index contributed by atoms with van der Waals surface area (Å²) in [5, 5.41) is 2.91. The lowest BCUT2D eigenvalue weighted by molar-refractivity contribution is -0.116. The zero-order chi connectivity index (χ0) is 23.7. The maximum atomic E-state index is 11.9. The van der Waals surface area contributed by atoms with Crippen LogP contribution in [0.4, 0.5) is 0 Å². The molecule has 0 heterocycles. The van der Waals surface area contributed by atoms with Crippen LogP contribution in [0.15, 0.2) is 72.9 Å². The fraction of sp³-hybridized carbons (Fsp3) is 0.519. The minimum Gasteiger partial charge on any atom is -0.414 e. The second kappa shape index (κ2) is 16.7. The van der Waals surface area contributed by atoms with Gasteiger partial charge in [-0.15, -0.1) is 6.58 Å². The van der Waals surface area contributed by atoms with Gasteiger partial charge in [0, 0.05) is 12.6 Å². The molecule has 0 saturated heterocycles. The summed E-state index contributed by atoms with van der Waals surface area (Å²) in [4.78, 5) is 11.9. The molecule has 0 aromatic heterocycles. The highest BCUT2D eigenvalue weighted by molar-refractivity contribution is 6.69. The fourth-order valence-electron chi connectivity index (χ4n) is 3.10. The molecule has 0 aromatic rings. The Kier molecular flexibility index (Phi) is 15.7. The molecule has 4 heteroatoms. The molecule has 0 radical (unpaired) electrons. The summed E-state index contributed by atoms with van der Waals surface area (Å²) in [5.74, 6) is 0.208. The first-order chi connectivity index (χ1) is 14.6. The molecule has 31 heavy (non-hydrogen) atoms. The van der Waals surface area contributed by atoms with Gasteiger partial charge in [0.05, 0.1) is 6.10 Å². The van der Waals surface area contributed by atoms with Gasteiger partial charge >= 0.3 is 0 Å². The molecule has 0 aliphatic heterocycles. The predicted octanol–water partition coefficient (Wildman–Crippen LogP) is 7.29. The number of hydrogen-bond donors (Lipinski definition) is 1. The maximum absolute atomic E-state index is 11.9. The van der Waals surface area contributed by atoms with E-state index in [0.29, 0.717) is 6.54 Å². The van der Waals surface area contributed by atoms with E-state index in [-0.39, 0.29) is 17.9 Å². The molecule has 0 rings (SSSR count). The van der Waals surface area contributed by atoms with Crippen LogP contribution in [-0.4, -0.2) is 26.9 Å². The Balaban J connectivity index is 4.81. The van der Waals surface area contributed by atoms with Crippen molar-refractivity contribution in [2.24, 2.45) is 5.92 Å². The van der Waals surface area contributed by atoms with Gasteiger partial charge in [0.25, 0.3) is 0 Å². The van der Waals surface area contributed by atoms with Crippen molar-refractivity contribution < 1.29 is 9.22 Å². The van der Waals surface area contributed by atoms with E-state index in [1.807, 2.05) is 24.3 Å². The van der Waals surface area contributed by atoms with Gasteiger partial charge in [0.1, 0.15) is 0 Å². The molecule has 2 atom stereocenters. The van der Waals surface area contributed by atoms with E-state index < -0.39 is 8.32 Å². The van der Waals surface area contributed by atoms with Crippen LogP contribution in [0.3, 0.4) is 0 Å². The van der Waals surface area contributed by atoms with E-state index in [1.54, 1.807) is 6.08 Å². The predicted molar refractivity (Wildman–Crippen MR) is 140 cm³/mol. The van der Waals surface area contributed by atoms with E-state index in [9.17, 15) is 4.79 Å². The molecule has 174 valence electrons. The summed E-state index contributed by atoms with van der Waals surface area (Å²) in [7, 11) is -1.67. The normalized spacial score (nSPS) is 15.3. The van der Waals surface area contributed by atoms with Crippen molar-refractivity contribution in [3.8, 4) is 0 Å². The van der Waals surface area contributed by atoms with Crippen molar-refractivity contribution in [1.29, 1.82) is 0 Å². The van der Waals surface area contributed by atoms with Gasteiger partial charge in [-0.2, -0.15) is 0 Å². The standard InChI is InChI=1S/C27H45NO2Si/c1-9-11-12-15-21-28-27(29)18-14-13-17-25(5)26(30-31(6,7)8)20-19-24(4)22-23(3)16-10-2/h9-10,13-14,16-19,25-26H,1-2,11-12,15,20-22H2,3-8H3,(H,28,29)/b17-13+,18-14+,23-16+,24-19+/t25-,26-/m0/s1.